The Labute approximate surface area is 138 Å². The summed E-state index contributed by atoms with van der Waals surface area (Å²) in [7, 11) is 0. The van der Waals surface area contributed by atoms with Crippen molar-refractivity contribution in [3.8, 4) is 28.6 Å². The lowest BCUT2D eigenvalue weighted by Crippen LogP contribution is -2.16. The van der Waals surface area contributed by atoms with Crippen molar-refractivity contribution < 1.29 is 32.5 Å². The fourth-order valence-electron chi connectivity index (χ4n) is 2.38. The van der Waals surface area contributed by atoms with Crippen molar-refractivity contribution in [1.29, 1.82) is 0 Å². The van der Waals surface area contributed by atoms with E-state index < -0.39 is 29.0 Å². The third-order valence-electron chi connectivity index (χ3n) is 3.53. The van der Waals surface area contributed by atoms with Crippen LogP contribution in [0.3, 0.4) is 0 Å². The molecule has 0 amide bonds. The van der Waals surface area contributed by atoms with Crippen molar-refractivity contribution in [3.63, 3.8) is 0 Å². The van der Waals surface area contributed by atoms with Gasteiger partial charge in [0.1, 0.15) is 22.5 Å². The van der Waals surface area contributed by atoms with Crippen molar-refractivity contribution in [2.24, 2.45) is 0 Å². The Morgan fingerprint density at radius 2 is 1.68 bits per heavy atom. The van der Waals surface area contributed by atoms with E-state index in [-0.39, 0.29) is 16.7 Å². The first kappa shape index (κ1) is 16.7. The maximum atomic E-state index is 12.2. The number of halogens is 3. The number of ether oxygens (including phenoxy) is 1. The molecule has 2 aromatic carbocycles. The minimum atomic E-state index is -4.80. The van der Waals surface area contributed by atoms with Gasteiger partial charge >= 0.3 is 6.36 Å². The Balaban J connectivity index is 2.08. The van der Waals surface area contributed by atoms with E-state index >= 15 is 0 Å². The molecule has 3 aromatic rings. The minimum Gasteiger partial charge on any atom is -0.504 e. The highest BCUT2D eigenvalue weighted by molar-refractivity contribution is 5.88. The molecule has 130 valence electrons. The van der Waals surface area contributed by atoms with Gasteiger partial charge in [-0.1, -0.05) is 0 Å². The Morgan fingerprint density at radius 3 is 2.28 bits per heavy atom. The van der Waals surface area contributed by atoms with Crippen LogP contribution in [-0.4, -0.2) is 16.6 Å². The minimum absolute atomic E-state index is 0.0471. The molecule has 0 aliphatic heterocycles. The molecule has 0 radical (unpaired) electrons. The molecule has 0 saturated heterocycles. The van der Waals surface area contributed by atoms with Gasteiger partial charge in [0.15, 0.2) is 16.9 Å². The molecular formula is C17H11F3O5. The first-order valence-electron chi connectivity index (χ1n) is 7.01. The van der Waals surface area contributed by atoms with E-state index in [0.29, 0.717) is 11.1 Å². The number of phenols is 2. The van der Waals surface area contributed by atoms with Gasteiger partial charge in [0.25, 0.3) is 0 Å². The second kappa shape index (κ2) is 5.73. The molecule has 2 N–H and O–H groups in total. The van der Waals surface area contributed by atoms with Gasteiger partial charge in [-0.15, -0.1) is 13.2 Å². The van der Waals surface area contributed by atoms with E-state index in [4.69, 9.17) is 4.42 Å². The van der Waals surface area contributed by atoms with Crippen LogP contribution in [0.4, 0.5) is 13.2 Å². The number of hydrogen-bond donors (Lipinski definition) is 2. The molecule has 0 aliphatic rings. The normalized spacial score (nSPS) is 11.7. The second-order valence-corrected chi connectivity index (χ2v) is 5.31. The van der Waals surface area contributed by atoms with E-state index in [1.54, 1.807) is 0 Å². The number of benzene rings is 2. The van der Waals surface area contributed by atoms with Gasteiger partial charge in [0.05, 0.1) is 0 Å². The summed E-state index contributed by atoms with van der Waals surface area (Å²) in [6.07, 6.45) is -4.80. The van der Waals surface area contributed by atoms with Crippen molar-refractivity contribution >= 4 is 11.0 Å². The highest BCUT2D eigenvalue weighted by Crippen LogP contribution is 2.36. The predicted octanol–water partition coefficient (Wildman–Crippen LogP) is 4.08. The summed E-state index contributed by atoms with van der Waals surface area (Å²) in [6.45, 7) is 1.52. The lowest BCUT2D eigenvalue weighted by molar-refractivity contribution is -0.274. The highest BCUT2D eigenvalue weighted by atomic mass is 19.4. The molecule has 8 heteroatoms. The molecular weight excluding hydrogens is 341 g/mol. The van der Waals surface area contributed by atoms with Crippen LogP contribution >= 0.6 is 0 Å². The number of fused-ring (bicyclic) bond motifs is 1. The highest BCUT2D eigenvalue weighted by Gasteiger charge is 2.31. The van der Waals surface area contributed by atoms with Crippen LogP contribution in [0.2, 0.25) is 0 Å². The van der Waals surface area contributed by atoms with Crippen molar-refractivity contribution in [3.05, 3.63) is 52.2 Å². The van der Waals surface area contributed by atoms with Crippen LogP contribution in [0.1, 0.15) is 5.56 Å². The summed E-state index contributed by atoms with van der Waals surface area (Å²) in [6, 6.07) is 7.25. The van der Waals surface area contributed by atoms with Gasteiger partial charge in [-0.3, -0.25) is 4.79 Å². The van der Waals surface area contributed by atoms with E-state index in [9.17, 15) is 28.2 Å². The number of phenolic OH excluding ortho intramolecular Hbond substituents is 2. The lowest BCUT2D eigenvalue weighted by Gasteiger charge is -2.10. The molecule has 1 heterocycles. The zero-order chi connectivity index (χ0) is 18.4. The van der Waals surface area contributed by atoms with Crippen LogP contribution in [0.5, 0.6) is 17.2 Å². The summed E-state index contributed by atoms with van der Waals surface area (Å²) in [5.74, 6) is -1.30. The van der Waals surface area contributed by atoms with Gasteiger partial charge in [0.2, 0.25) is 0 Å². The maximum Gasteiger partial charge on any atom is 0.573 e. The standard InChI is InChI=1S/C17H11F3O5/c1-8-6-13-14(16(23)15(8)22)11(21)7-12(24-13)9-2-4-10(5-3-9)25-17(18,19)20/h2-7,22-23H,1H3. The monoisotopic (exact) mass is 352 g/mol. The van der Waals surface area contributed by atoms with E-state index in [1.807, 2.05) is 0 Å². The molecule has 3 rings (SSSR count). The number of alkyl halides is 3. The van der Waals surface area contributed by atoms with Crippen LogP contribution in [-0.2, 0) is 0 Å². The van der Waals surface area contributed by atoms with Crippen LogP contribution in [0.15, 0.2) is 45.6 Å². The molecule has 0 spiro atoms. The van der Waals surface area contributed by atoms with Crippen LogP contribution < -0.4 is 10.2 Å². The Bertz CT molecular complexity index is 1000. The molecule has 0 bridgehead atoms. The average Bonchev–Trinajstić information content (AvgIpc) is 2.51. The second-order valence-electron chi connectivity index (χ2n) is 5.31. The summed E-state index contributed by atoms with van der Waals surface area (Å²) in [4.78, 5) is 12.2. The third-order valence-corrected chi connectivity index (χ3v) is 3.53. The number of aromatic hydroxyl groups is 2. The summed E-state index contributed by atoms with van der Waals surface area (Å²) >= 11 is 0. The zero-order valence-corrected chi connectivity index (χ0v) is 12.7. The fraction of sp³-hybridized carbons (Fsp3) is 0.118. The van der Waals surface area contributed by atoms with Crippen molar-refractivity contribution in [2.45, 2.75) is 13.3 Å². The third kappa shape index (κ3) is 3.23. The lowest BCUT2D eigenvalue weighted by atomic mass is 10.1. The smallest absolute Gasteiger partial charge is 0.504 e. The SMILES string of the molecule is Cc1cc2oc(-c3ccc(OC(F)(F)F)cc3)cc(=O)c2c(O)c1O. The molecule has 0 fully saturated rings. The fourth-order valence-corrected chi connectivity index (χ4v) is 2.38. The Hall–Kier alpha value is -3.16. The van der Waals surface area contributed by atoms with Gasteiger partial charge in [-0.05, 0) is 42.8 Å². The number of hydrogen-bond acceptors (Lipinski definition) is 5. The summed E-state index contributed by atoms with van der Waals surface area (Å²) in [5.41, 5.74) is 0.101. The van der Waals surface area contributed by atoms with E-state index in [0.717, 1.165) is 18.2 Å². The molecule has 0 unspecified atom stereocenters. The van der Waals surface area contributed by atoms with Crippen molar-refractivity contribution in [1.82, 2.24) is 0 Å². The molecule has 1 aromatic heterocycles. The van der Waals surface area contributed by atoms with Crippen molar-refractivity contribution in [2.75, 3.05) is 0 Å². The van der Waals surface area contributed by atoms with Crippen LogP contribution in [0.25, 0.3) is 22.3 Å². The Morgan fingerprint density at radius 1 is 1.04 bits per heavy atom. The first-order valence-corrected chi connectivity index (χ1v) is 7.01. The zero-order valence-electron chi connectivity index (χ0n) is 12.7. The van der Waals surface area contributed by atoms with Gasteiger partial charge in [-0.25, -0.2) is 0 Å². The first-order chi connectivity index (χ1) is 11.7. The predicted molar refractivity (Wildman–Crippen MR) is 82.7 cm³/mol. The molecule has 0 aliphatic carbocycles. The van der Waals surface area contributed by atoms with Gasteiger partial charge in [0, 0.05) is 11.6 Å². The summed E-state index contributed by atoms with van der Waals surface area (Å²) < 4.78 is 45.9. The molecule has 0 saturated carbocycles. The number of aryl methyl sites for hydroxylation is 1. The van der Waals surface area contributed by atoms with E-state index in [2.05, 4.69) is 4.74 Å². The topological polar surface area (TPSA) is 79.9 Å². The molecule has 0 atom stereocenters. The van der Waals surface area contributed by atoms with Crippen LogP contribution in [0, 0.1) is 6.92 Å². The largest absolute Gasteiger partial charge is 0.573 e. The molecule has 5 nitrogen and oxygen atoms in total. The number of rotatable bonds is 2. The van der Waals surface area contributed by atoms with Gasteiger partial charge < -0.3 is 19.4 Å². The van der Waals surface area contributed by atoms with E-state index in [1.165, 1.54) is 25.1 Å². The average molecular weight is 352 g/mol. The van der Waals surface area contributed by atoms with Gasteiger partial charge in [-0.2, -0.15) is 0 Å². The maximum absolute atomic E-state index is 12.2. The summed E-state index contributed by atoms with van der Waals surface area (Å²) in [5, 5.41) is 19.4. The Kier molecular flexibility index (Phi) is 3.82. The molecule has 25 heavy (non-hydrogen) atoms. The quantitative estimate of drug-likeness (QED) is 0.680.